The Morgan fingerprint density at radius 1 is 0.553 bits per heavy atom. The first-order chi connectivity index (χ1) is 18.1. The average molecular weight is 783 g/mol. The molecule has 3 aromatic heterocycles. The van der Waals surface area contributed by atoms with Gasteiger partial charge >= 0.3 is 7.82 Å². The molecule has 0 saturated carbocycles. The fraction of sp³-hybridized carbons (Fsp3) is 0. The van der Waals surface area contributed by atoms with Crippen LogP contribution in [0, 0.1) is 0 Å². The van der Waals surface area contributed by atoms with Gasteiger partial charge in [0, 0.05) is 64.9 Å². The number of fused-ring (bicyclic) bond motifs is 3. The molecule has 0 fully saturated rings. The van der Waals surface area contributed by atoms with Crippen molar-refractivity contribution in [1.29, 1.82) is 0 Å². The molecule has 0 unspecified atom stereocenters. The molecular formula is C24H12Br3Cl3N3O4P. The second-order valence-electron chi connectivity index (χ2n) is 8.12. The Hall–Kier alpha value is -1.78. The van der Waals surface area contributed by atoms with E-state index in [0.29, 0.717) is 32.7 Å². The summed E-state index contributed by atoms with van der Waals surface area (Å²) in [5.41, 5.74) is 1.91. The van der Waals surface area contributed by atoms with Gasteiger partial charge in [-0.25, -0.2) is 0 Å². The standard InChI is InChI=1S/C24H12Br3Cl3N3O4P/c25-13-1-4-19-16(7-13)22(10-31(19)28)35-38(34,36-23-11-32(29)20-5-2-14(26)8-17(20)23)37-24-12-33(30)21-6-3-15(27)9-18(21)24/h1-12H. The zero-order chi connectivity index (χ0) is 26.8. The number of rotatable bonds is 6. The number of aromatic nitrogens is 3. The molecule has 0 bridgehead atoms. The van der Waals surface area contributed by atoms with Crippen LogP contribution in [0.25, 0.3) is 32.7 Å². The molecule has 0 aliphatic rings. The van der Waals surface area contributed by atoms with Gasteiger partial charge in [0.15, 0.2) is 17.2 Å². The van der Waals surface area contributed by atoms with Crippen molar-refractivity contribution < 1.29 is 18.1 Å². The lowest BCUT2D eigenvalue weighted by molar-refractivity contribution is 0.301. The van der Waals surface area contributed by atoms with E-state index in [1.165, 1.54) is 30.8 Å². The van der Waals surface area contributed by atoms with Crippen molar-refractivity contribution in [2.75, 3.05) is 0 Å². The summed E-state index contributed by atoms with van der Waals surface area (Å²) in [7, 11) is -4.47. The maximum Gasteiger partial charge on any atom is 0.647 e. The maximum absolute atomic E-state index is 14.5. The highest BCUT2D eigenvalue weighted by Crippen LogP contribution is 2.54. The van der Waals surface area contributed by atoms with Gasteiger partial charge in [0.25, 0.3) is 0 Å². The van der Waals surface area contributed by atoms with E-state index in [1.807, 2.05) is 18.2 Å². The van der Waals surface area contributed by atoms with Crippen LogP contribution in [-0.4, -0.2) is 12.3 Å². The Bertz CT molecular complexity index is 1720. The van der Waals surface area contributed by atoms with E-state index in [1.54, 1.807) is 36.4 Å². The van der Waals surface area contributed by atoms with Crippen molar-refractivity contribution in [3.8, 4) is 17.2 Å². The Morgan fingerprint density at radius 2 is 0.842 bits per heavy atom. The van der Waals surface area contributed by atoms with E-state index >= 15 is 0 Å². The average Bonchev–Trinajstić information content (AvgIpc) is 3.44. The lowest BCUT2D eigenvalue weighted by Gasteiger charge is -2.18. The normalized spacial score (nSPS) is 12.1. The molecule has 7 nitrogen and oxygen atoms in total. The maximum atomic E-state index is 14.5. The van der Waals surface area contributed by atoms with Crippen molar-refractivity contribution in [2.24, 2.45) is 0 Å². The second-order valence-corrected chi connectivity index (χ2v) is 13.4. The summed E-state index contributed by atoms with van der Waals surface area (Å²) < 4.78 is 38.9. The molecule has 6 aromatic rings. The van der Waals surface area contributed by atoms with E-state index < -0.39 is 7.82 Å². The molecule has 0 radical (unpaired) electrons. The predicted molar refractivity (Wildman–Crippen MR) is 162 cm³/mol. The molecule has 38 heavy (non-hydrogen) atoms. The number of halogens is 6. The fourth-order valence-electron chi connectivity index (χ4n) is 4.04. The summed E-state index contributed by atoms with van der Waals surface area (Å²) in [5.74, 6) is 0.559. The van der Waals surface area contributed by atoms with Crippen LogP contribution in [0.15, 0.2) is 86.6 Å². The number of hydrogen-bond donors (Lipinski definition) is 0. The Morgan fingerprint density at radius 3 is 1.13 bits per heavy atom. The predicted octanol–water partition coefficient (Wildman–Crippen LogP) is 10.5. The minimum absolute atomic E-state index is 0.186. The number of hydrogen-bond acceptors (Lipinski definition) is 4. The molecule has 0 atom stereocenters. The third kappa shape index (κ3) is 4.85. The van der Waals surface area contributed by atoms with Crippen molar-refractivity contribution in [2.45, 2.75) is 0 Å². The van der Waals surface area contributed by atoms with Gasteiger partial charge in [-0.15, -0.1) is 0 Å². The second kappa shape index (κ2) is 10.0. The lowest BCUT2D eigenvalue weighted by atomic mass is 10.2. The fourth-order valence-corrected chi connectivity index (χ4v) is 7.10. The van der Waals surface area contributed by atoms with Crippen LogP contribution >= 0.6 is 90.9 Å². The van der Waals surface area contributed by atoms with E-state index in [4.69, 9.17) is 48.9 Å². The monoisotopic (exact) mass is 779 g/mol. The zero-order valence-electron chi connectivity index (χ0n) is 18.6. The summed E-state index contributed by atoms with van der Waals surface area (Å²) in [6.07, 6.45) is 4.46. The smallest absolute Gasteiger partial charge is 0.384 e. The van der Waals surface area contributed by atoms with Crippen LogP contribution in [-0.2, 0) is 4.57 Å². The molecule has 0 aliphatic carbocycles. The lowest BCUT2D eigenvalue weighted by Crippen LogP contribution is -2.07. The molecule has 0 N–H and O–H groups in total. The highest BCUT2D eigenvalue weighted by atomic mass is 79.9. The molecule has 0 spiro atoms. The number of nitrogens with zero attached hydrogens (tertiary/aromatic N) is 3. The summed E-state index contributed by atoms with van der Waals surface area (Å²) >= 11 is 29.5. The van der Waals surface area contributed by atoms with Gasteiger partial charge in [-0.3, -0.25) is 12.3 Å². The minimum atomic E-state index is -4.47. The summed E-state index contributed by atoms with van der Waals surface area (Å²) in [6.45, 7) is 0. The van der Waals surface area contributed by atoms with Crippen LogP contribution in [0.2, 0.25) is 0 Å². The van der Waals surface area contributed by atoms with Crippen molar-refractivity contribution in [1.82, 2.24) is 12.3 Å². The topological polar surface area (TPSA) is 59.6 Å². The van der Waals surface area contributed by atoms with E-state index in [9.17, 15) is 4.57 Å². The largest absolute Gasteiger partial charge is 0.647 e. The highest BCUT2D eigenvalue weighted by molar-refractivity contribution is 9.11. The number of phosphoric acid groups is 1. The molecule has 3 heterocycles. The minimum Gasteiger partial charge on any atom is -0.384 e. The first-order valence-corrected chi connectivity index (χ1v) is 15.5. The molecule has 194 valence electrons. The third-order valence-corrected chi connectivity index (χ3v) is 9.26. The van der Waals surface area contributed by atoms with Gasteiger partial charge in [0.2, 0.25) is 0 Å². The number of phosphoric ester groups is 1. The van der Waals surface area contributed by atoms with Gasteiger partial charge in [0.1, 0.15) is 0 Å². The van der Waals surface area contributed by atoms with Gasteiger partial charge in [-0.1, -0.05) is 47.8 Å². The summed E-state index contributed by atoms with van der Waals surface area (Å²) in [5, 5.41) is 1.77. The van der Waals surface area contributed by atoms with Crippen LogP contribution < -0.4 is 13.6 Å². The summed E-state index contributed by atoms with van der Waals surface area (Å²) in [6, 6.07) is 16.2. The van der Waals surface area contributed by atoms with E-state index in [-0.39, 0.29) is 17.2 Å². The first kappa shape index (κ1) is 26.4. The van der Waals surface area contributed by atoms with Gasteiger partial charge < -0.3 is 13.6 Å². The van der Waals surface area contributed by atoms with Crippen molar-refractivity contribution in [3.63, 3.8) is 0 Å². The molecule has 3 aromatic carbocycles. The third-order valence-electron chi connectivity index (χ3n) is 5.68. The summed E-state index contributed by atoms with van der Waals surface area (Å²) in [4.78, 5) is 0. The van der Waals surface area contributed by atoms with Crippen LogP contribution in [0.1, 0.15) is 0 Å². The van der Waals surface area contributed by atoms with Gasteiger partial charge in [-0.2, -0.15) is 4.57 Å². The van der Waals surface area contributed by atoms with Crippen LogP contribution in [0.5, 0.6) is 17.2 Å². The van der Waals surface area contributed by atoms with Crippen LogP contribution in [0.3, 0.4) is 0 Å². The van der Waals surface area contributed by atoms with E-state index in [2.05, 4.69) is 47.8 Å². The Balaban J connectivity index is 1.50. The SMILES string of the molecule is O=P(Oc1cn(Cl)c2ccc(Br)cc12)(Oc1cn(Cl)c2ccc(Br)cc12)Oc1cn(Cl)c2ccc(Br)cc12. The molecule has 6 rings (SSSR count). The Labute approximate surface area is 256 Å². The molecule has 0 saturated heterocycles. The quantitative estimate of drug-likeness (QED) is 0.158. The molecular weight excluding hydrogens is 771 g/mol. The van der Waals surface area contributed by atoms with E-state index in [0.717, 1.165) is 13.4 Å². The highest BCUT2D eigenvalue weighted by Gasteiger charge is 2.37. The Kier molecular flexibility index (Phi) is 6.96. The van der Waals surface area contributed by atoms with Crippen LogP contribution in [0.4, 0.5) is 0 Å². The van der Waals surface area contributed by atoms with Gasteiger partial charge in [0.05, 0.1) is 35.1 Å². The van der Waals surface area contributed by atoms with Gasteiger partial charge in [-0.05, 0) is 54.6 Å². The van der Waals surface area contributed by atoms with Crippen molar-refractivity contribution >= 4 is 124 Å². The molecule has 0 aliphatic heterocycles. The number of benzene rings is 3. The molecule has 14 heteroatoms. The molecule has 0 amide bonds. The first-order valence-electron chi connectivity index (χ1n) is 10.7. The zero-order valence-corrected chi connectivity index (χ0v) is 26.5. The van der Waals surface area contributed by atoms with Crippen molar-refractivity contribution in [3.05, 3.63) is 86.6 Å².